The van der Waals surface area contributed by atoms with Gasteiger partial charge in [-0.15, -0.1) is 0 Å². The Hall–Kier alpha value is -1.71. The van der Waals surface area contributed by atoms with E-state index in [9.17, 15) is 0 Å². The fourth-order valence-corrected chi connectivity index (χ4v) is 2.41. The molecule has 0 saturated heterocycles. The van der Waals surface area contributed by atoms with Gasteiger partial charge in [-0.05, 0) is 47.6 Å². The number of aryl methyl sites for hydroxylation is 1. The lowest BCUT2D eigenvalue weighted by atomic mass is 9.95. The zero-order valence-electron chi connectivity index (χ0n) is 12.4. The summed E-state index contributed by atoms with van der Waals surface area (Å²) in [7, 11) is 0. The molecule has 0 aliphatic rings. The monoisotopic (exact) mass is 269 g/mol. The van der Waals surface area contributed by atoms with E-state index in [0.717, 1.165) is 12.0 Å². The summed E-state index contributed by atoms with van der Waals surface area (Å²) in [5.41, 5.74) is 7.94. The number of benzene rings is 1. The van der Waals surface area contributed by atoms with E-state index < -0.39 is 0 Å². The third kappa shape index (κ3) is 3.44. The molecule has 3 heteroatoms. The van der Waals surface area contributed by atoms with Crippen LogP contribution in [0.15, 0.2) is 42.7 Å². The number of pyridine rings is 1. The molecule has 0 bridgehead atoms. The molecule has 0 aliphatic carbocycles. The number of aromatic nitrogens is 1. The fourth-order valence-electron chi connectivity index (χ4n) is 2.41. The molecule has 3 N–H and O–H groups in total. The van der Waals surface area contributed by atoms with Crippen LogP contribution in [-0.4, -0.2) is 4.98 Å². The second kappa shape index (κ2) is 6.64. The van der Waals surface area contributed by atoms with E-state index in [4.69, 9.17) is 5.84 Å². The van der Waals surface area contributed by atoms with Crippen LogP contribution >= 0.6 is 0 Å². The molecule has 3 nitrogen and oxygen atoms in total. The number of nitrogens with one attached hydrogen (secondary N) is 1. The Morgan fingerprint density at radius 1 is 1.15 bits per heavy atom. The van der Waals surface area contributed by atoms with Gasteiger partial charge in [-0.25, -0.2) is 0 Å². The predicted octanol–water partition coefficient (Wildman–Crippen LogP) is 3.26. The third-order valence-electron chi connectivity index (χ3n) is 3.73. The van der Waals surface area contributed by atoms with Crippen LogP contribution < -0.4 is 11.3 Å². The average Bonchev–Trinajstić information content (AvgIpc) is 2.46. The van der Waals surface area contributed by atoms with Gasteiger partial charge < -0.3 is 0 Å². The SMILES string of the molecule is Cc1cnccc1C(Cc1ccc(C(C)C)cc1)NN. The van der Waals surface area contributed by atoms with Gasteiger partial charge in [-0.1, -0.05) is 38.1 Å². The smallest absolute Gasteiger partial charge is 0.0504 e. The molecule has 1 heterocycles. The largest absolute Gasteiger partial charge is 0.271 e. The molecule has 0 spiro atoms. The fraction of sp³-hybridized carbons (Fsp3) is 0.353. The van der Waals surface area contributed by atoms with Crippen molar-refractivity contribution in [3.05, 3.63) is 65.0 Å². The Labute approximate surface area is 121 Å². The van der Waals surface area contributed by atoms with E-state index in [0.29, 0.717) is 5.92 Å². The first-order valence-electron chi connectivity index (χ1n) is 7.07. The van der Waals surface area contributed by atoms with Gasteiger partial charge in [0, 0.05) is 12.4 Å². The molecule has 0 radical (unpaired) electrons. The van der Waals surface area contributed by atoms with E-state index in [2.05, 4.69) is 55.4 Å². The maximum Gasteiger partial charge on any atom is 0.0504 e. The Kier molecular flexibility index (Phi) is 4.88. The van der Waals surface area contributed by atoms with Crippen LogP contribution in [0.4, 0.5) is 0 Å². The van der Waals surface area contributed by atoms with E-state index in [1.165, 1.54) is 16.7 Å². The van der Waals surface area contributed by atoms with Crippen LogP contribution in [0.5, 0.6) is 0 Å². The van der Waals surface area contributed by atoms with Crippen molar-refractivity contribution < 1.29 is 0 Å². The third-order valence-corrected chi connectivity index (χ3v) is 3.73. The van der Waals surface area contributed by atoms with Gasteiger partial charge in [0.1, 0.15) is 0 Å². The molecule has 1 unspecified atom stereocenters. The maximum absolute atomic E-state index is 5.73. The first-order chi connectivity index (χ1) is 9.61. The minimum atomic E-state index is 0.114. The Morgan fingerprint density at radius 2 is 1.85 bits per heavy atom. The molecule has 0 amide bonds. The normalized spacial score (nSPS) is 12.7. The number of hydrazine groups is 1. The molecule has 106 valence electrons. The van der Waals surface area contributed by atoms with Crippen LogP contribution in [0.25, 0.3) is 0 Å². The van der Waals surface area contributed by atoms with E-state index in [-0.39, 0.29) is 6.04 Å². The summed E-state index contributed by atoms with van der Waals surface area (Å²) in [5.74, 6) is 6.29. The van der Waals surface area contributed by atoms with Crippen LogP contribution in [0, 0.1) is 6.92 Å². The minimum Gasteiger partial charge on any atom is -0.271 e. The molecular formula is C17H23N3. The minimum absolute atomic E-state index is 0.114. The lowest BCUT2D eigenvalue weighted by Crippen LogP contribution is -2.30. The lowest BCUT2D eigenvalue weighted by Gasteiger charge is -2.18. The van der Waals surface area contributed by atoms with Crippen molar-refractivity contribution in [3.63, 3.8) is 0 Å². The summed E-state index contributed by atoms with van der Waals surface area (Å²) in [5, 5.41) is 0. The lowest BCUT2D eigenvalue weighted by molar-refractivity contribution is 0.548. The van der Waals surface area contributed by atoms with Crippen molar-refractivity contribution >= 4 is 0 Å². The van der Waals surface area contributed by atoms with Crippen molar-refractivity contribution in [2.24, 2.45) is 5.84 Å². The molecule has 2 aromatic rings. The molecule has 1 aromatic carbocycles. The van der Waals surface area contributed by atoms with Crippen molar-refractivity contribution in [1.29, 1.82) is 0 Å². The number of hydrogen-bond acceptors (Lipinski definition) is 3. The highest BCUT2D eigenvalue weighted by molar-refractivity contribution is 5.30. The molecule has 2 rings (SSSR count). The van der Waals surface area contributed by atoms with E-state index in [1.54, 1.807) is 0 Å². The quantitative estimate of drug-likeness (QED) is 0.647. The highest BCUT2D eigenvalue weighted by Gasteiger charge is 2.13. The summed E-state index contributed by atoms with van der Waals surface area (Å²) in [6, 6.07) is 10.9. The van der Waals surface area contributed by atoms with Crippen LogP contribution in [0.3, 0.4) is 0 Å². The van der Waals surface area contributed by atoms with Crippen LogP contribution in [-0.2, 0) is 6.42 Å². The molecule has 1 aromatic heterocycles. The topological polar surface area (TPSA) is 50.9 Å². The second-order valence-corrected chi connectivity index (χ2v) is 5.55. The standard InChI is InChI=1S/C17H23N3/c1-12(2)15-6-4-14(5-7-15)10-17(20-18)16-8-9-19-11-13(16)3/h4-9,11-12,17,20H,10,18H2,1-3H3. The Bertz CT molecular complexity index is 546. The van der Waals surface area contributed by atoms with Crippen molar-refractivity contribution in [2.45, 2.75) is 39.2 Å². The van der Waals surface area contributed by atoms with Gasteiger partial charge in [0.05, 0.1) is 6.04 Å². The first kappa shape index (κ1) is 14.7. The van der Waals surface area contributed by atoms with Gasteiger partial charge in [0.25, 0.3) is 0 Å². The zero-order chi connectivity index (χ0) is 14.5. The Morgan fingerprint density at radius 3 is 2.40 bits per heavy atom. The molecule has 0 fully saturated rings. The number of nitrogens with zero attached hydrogens (tertiary/aromatic N) is 1. The van der Waals surface area contributed by atoms with Crippen LogP contribution in [0.1, 0.15) is 48.1 Å². The van der Waals surface area contributed by atoms with Crippen molar-refractivity contribution in [3.8, 4) is 0 Å². The number of nitrogens with two attached hydrogens (primary N) is 1. The van der Waals surface area contributed by atoms with Crippen LogP contribution in [0.2, 0.25) is 0 Å². The average molecular weight is 269 g/mol. The van der Waals surface area contributed by atoms with E-state index >= 15 is 0 Å². The molecule has 1 atom stereocenters. The summed E-state index contributed by atoms with van der Waals surface area (Å²) < 4.78 is 0. The van der Waals surface area contributed by atoms with Gasteiger partial charge in [-0.2, -0.15) is 0 Å². The highest BCUT2D eigenvalue weighted by Crippen LogP contribution is 2.22. The number of rotatable bonds is 5. The summed E-state index contributed by atoms with van der Waals surface area (Å²) in [4.78, 5) is 4.13. The summed E-state index contributed by atoms with van der Waals surface area (Å²) in [6.07, 6.45) is 4.57. The highest BCUT2D eigenvalue weighted by atomic mass is 15.2. The van der Waals surface area contributed by atoms with Crippen molar-refractivity contribution in [1.82, 2.24) is 10.4 Å². The van der Waals surface area contributed by atoms with E-state index in [1.807, 2.05) is 18.5 Å². The zero-order valence-corrected chi connectivity index (χ0v) is 12.4. The maximum atomic E-state index is 5.73. The summed E-state index contributed by atoms with van der Waals surface area (Å²) >= 11 is 0. The molecule has 20 heavy (non-hydrogen) atoms. The Balaban J connectivity index is 2.16. The van der Waals surface area contributed by atoms with Gasteiger partial charge in [-0.3, -0.25) is 16.3 Å². The van der Waals surface area contributed by atoms with Gasteiger partial charge in [0.15, 0.2) is 0 Å². The number of hydrogen-bond donors (Lipinski definition) is 2. The van der Waals surface area contributed by atoms with Gasteiger partial charge >= 0.3 is 0 Å². The molecular weight excluding hydrogens is 246 g/mol. The predicted molar refractivity (Wildman–Crippen MR) is 83.3 cm³/mol. The van der Waals surface area contributed by atoms with Gasteiger partial charge in [0.2, 0.25) is 0 Å². The first-order valence-corrected chi connectivity index (χ1v) is 7.07. The molecule has 0 saturated carbocycles. The second-order valence-electron chi connectivity index (χ2n) is 5.55. The van der Waals surface area contributed by atoms with Crippen molar-refractivity contribution in [2.75, 3.05) is 0 Å². The summed E-state index contributed by atoms with van der Waals surface area (Å²) in [6.45, 7) is 6.48. The molecule has 0 aliphatic heterocycles.